The summed E-state index contributed by atoms with van der Waals surface area (Å²) in [5, 5.41) is 3.41. The van der Waals surface area contributed by atoms with E-state index in [0.29, 0.717) is 5.41 Å². The van der Waals surface area contributed by atoms with Crippen molar-refractivity contribution < 1.29 is 4.74 Å². The molecule has 2 heteroatoms. The molecule has 1 aliphatic heterocycles. The van der Waals surface area contributed by atoms with E-state index in [9.17, 15) is 0 Å². The average Bonchev–Trinajstić information content (AvgIpc) is 2.50. The highest BCUT2D eigenvalue weighted by Gasteiger charge is 2.31. The molecule has 0 spiro atoms. The molecule has 1 rings (SSSR count). The van der Waals surface area contributed by atoms with E-state index in [-0.39, 0.29) is 0 Å². The zero-order valence-corrected chi connectivity index (χ0v) is 14.7. The van der Waals surface area contributed by atoms with Crippen molar-refractivity contribution in [2.45, 2.75) is 90.4 Å². The lowest BCUT2D eigenvalue weighted by Crippen LogP contribution is -2.38. The predicted molar refractivity (Wildman–Crippen MR) is 92.9 cm³/mol. The highest BCUT2D eigenvalue weighted by molar-refractivity contribution is 4.83. The molecule has 1 heterocycles. The molecular formula is C19H39NO. The first-order chi connectivity index (χ1) is 10.3. The molecule has 0 atom stereocenters. The van der Waals surface area contributed by atoms with Crippen molar-refractivity contribution in [3.63, 3.8) is 0 Å². The number of unbranched alkanes of at least 4 members (excludes halogenated alkanes) is 9. The maximum atomic E-state index is 5.54. The highest BCUT2D eigenvalue weighted by Crippen LogP contribution is 2.35. The van der Waals surface area contributed by atoms with Crippen LogP contribution in [0.15, 0.2) is 0 Å². The van der Waals surface area contributed by atoms with Gasteiger partial charge < -0.3 is 10.1 Å². The molecule has 0 aliphatic carbocycles. The van der Waals surface area contributed by atoms with Gasteiger partial charge in [0.25, 0.3) is 0 Å². The molecule has 0 aromatic heterocycles. The summed E-state index contributed by atoms with van der Waals surface area (Å²) in [6, 6.07) is 0. The molecular weight excluding hydrogens is 258 g/mol. The largest absolute Gasteiger partial charge is 0.381 e. The van der Waals surface area contributed by atoms with Gasteiger partial charge in [-0.2, -0.15) is 0 Å². The van der Waals surface area contributed by atoms with Crippen LogP contribution in [-0.4, -0.2) is 26.8 Å². The van der Waals surface area contributed by atoms with Crippen LogP contribution in [0.25, 0.3) is 0 Å². The topological polar surface area (TPSA) is 21.3 Å². The van der Waals surface area contributed by atoms with Crippen LogP contribution in [0.1, 0.15) is 90.4 Å². The quantitative estimate of drug-likeness (QED) is 0.465. The van der Waals surface area contributed by atoms with Crippen molar-refractivity contribution in [2.75, 3.05) is 26.8 Å². The second-order valence-electron chi connectivity index (χ2n) is 7.07. The van der Waals surface area contributed by atoms with Crippen LogP contribution in [-0.2, 0) is 4.74 Å². The lowest BCUT2D eigenvalue weighted by Gasteiger charge is -2.37. The first kappa shape index (κ1) is 19.0. The maximum absolute atomic E-state index is 5.54. The SMILES string of the molecule is CCCCCCCCCCCCC1(CNC)CCOCC1. The minimum absolute atomic E-state index is 0.535. The maximum Gasteiger partial charge on any atom is 0.0471 e. The Morgan fingerprint density at radius 3 is 1.86 bits per heavy atom. The molecule has 2 nitrogen and oxygen atoms in total. The summed E-state index contributed by atoms with van der Waals surface area (Å²) in [6.07, 6.45) is 18.3. The van der Waals surface area contributed by atoms with E-state index in [2.05, 4.69) is 19.3 Å². The minimum atomic E-state index is 0.535. The number of hydrogen-bond donors (Lipinski definition) is 1. The monoisotopic (exact) mass is 297 g/mol. The third-order valence-corrected chi connectivity index (χ3v) is 5.17. The van der Waals surface area contributed by atoms with Gasteiger partial charge in [-0.1, -0.05) is 71.1 Å². The van der Waals surface area contributed by atoms with Crippen LogP contribution in [0.2, 0.25) is 0 Å². The second kappa shape index (κ2) is 12.5. The first-order valence-corrected chi connectivity index (χ1v) is 9.55. The molecule has 0 radical (unpaired) electrons. The van der Waals surface area contributed by atoms with Crippen molar-refractivity contribution in [1.82, 2.24) is 5.32 Å². The molecule has 0 saturated carbocycles. The van der Waals surface area contributed by atoms with Crippen LogP contribution in [0.5, 0.6) is 0 Å². The van der Waals surface area contributed by atoms with E-state index < -0.39 is 0 Å². The third-order valence-electron chi connectivity index (χ3n) is 5.17. The van der Waals surface area contributed by atoms with Crippen molar-refractivity contribution in [2.24, 2.45) is 5.41 Å². The standard InChI is InChI=1S/C19H39NO/c1-3-4-5-6-7-8-9-10-11-12-13-19(18-20-2)14-16-21-17-15-19/h20H,3-18H2,1-2H3. The van der Waals surface area contributed by atoms with Gasteiger partial charge in [-0.15, -0.1) is 0 Å². The van der Waals surface area contributed by atoms with E-state index in [1.54, 1.807) is 0 Å². The predicted octanol–water partition coefficient (Wildman–Crippen LogP) is 5.31. The Kier molecular flexibility index (Phi) is 11.3. The molecule has 1 N–H and O–H groups in total. The molecule has 1 fully saturated rings. The van der Waals surface area contributed by atoms with Gasteiger partial charge in [0.2, 0.25) is 0 Å². The molecule has 126 valence electrons. The molecule has 0 bridgehead atoms. The normalized spacial score (nSPS) is 18.0. The van der Waals surface area contributed by atoms with Gasteiger partial charge in [-0.3, -0.25) is 0 Å². The summed E-state index contributed by atoms with van der Waals surface area (Å²) in [4.78, 5) is 0. The summed E-state index contributed by atoms with van der Waals surface area (Å²) in [5.41, 5.74) is 0.535. The number of hydrogen-bond acceptors (Lipinski definition) is 2. The Morgan fingerprint density at radius 1 is 0.810 bits per heavy atom. The Labute approximate surface area is 133 Å². The smallest absolute Gasteiger partial charge is 0.0471 e. The summed E-state index contributed by atoms with van der Waals surface area (Å²) in [7, 11) is 2.09. The van der Waals surface area contributed by atoms with Gasteiger partial charge >= 0.3 is 0 Å². The Bertz CT molecular complexity index is 218. The molecule has 0 aromatic rings. The fourth-order valence-electron chi connectivity index (χ4n) is 3.68. The molecule has 0 amide bonds. The zero-order chi connectivity index (χ0) is 15.2. The summed E-state index contributed by atoms with van der Waals surface area (Å²) in [6.45, 7) is 5.41. The minimum Gasteiger partial charge on any atom is -0.381 e. The van der Waals surface area contributed by atoms with Gasteiger partial charge in [0, 0.05) is 19.8 Å². The average molecular weight is 298 g/mol. The van der Waals surface area contributed by atoms with Gasteiger partial charge in [0.1, 0.15) is 0 Å². The Balaban J connectivity index is 1.96. The summed E-state index contributed by atoms with van der Waals surface area (Å²) in [5.74, 6) is 0. The molecule has 21 heavy (non-hydrogen) atoms. The van der Waals surface area contributed by atoms with Gasteiger partial charge in [-0.05, 0) is 31.7 Å². The van der Waals surface area contributed by atoms with E-state index >= 15 is 0 Å². The molecule has 1 aliphatic rings. The van der Waals surface area contributed by atoms with Crippen LogP contribution in [0, 0.1) is 5.41 Å². The highest BCUT2D eigenvalue weighted by atomic mass is 16.5. The van der Waals surface area contributed by atoms with Crippen LogP contribution in [0.4, 0.5) is 0 Å². The Hall–Kier alpha value is -0.0800. The second-order valence-corrected chi connectivity index (χ2v) is 7.07. The van der Waals surface area contributed by atoms with Crippen molar-refractivity contribution in [3.05, 3.63) is 0 Å². The third kappa shape index (κ3) is 8.83. The lowest BCUT2D eigenvalue weighted by atomic mass is 9.76. The zero-order valence-electron chi connectivity index (χ0n) is 14.7. The van der Waals surface area contributed by atoms with Crippen molar-refractivity contribution in [1.29, 1.82) is 0 Å². The molecule has 1 saturated heterocycles. The number of nitrogens with one attached hydrogen (secondary N) is 1. The van der Waals surface area contributed by atoms with Crippen LogP contribution >= 0.6 is 0 Å². The summed E-state index contributed by atoms with van der Waals surface area (Å²) < 4.78 is 5.54. The van der Waals surface area contributed by atoms with Gasteiger partial charge in [0.05, 0.1) is 0 Å². The van der Waals surface area contributed by atoms with Crippen LogP contribution < -0.4 is 5.32 Å². The van der Waals surface area contributed by atoms with E-state index in [1.807, 2.05) is 0 Å². The van der Waals surface area contributed by atoms with E-state index in [4.69, 9.17) is 4.74 Å². The molecule has 0 unspecified atom stereocenters. The van der Waals surface area contributed by atoms with Crippen molar-refractivity contribution >= 4 is 0 Å². The van der Waals surface area contributed by atoms with Gasteiger partial charge in [-0.25, -0.2) is 0 Å². The number of ether oxygens (including phenoxy) is 1. The summed E-state index contributed by atoms with van der Waals surface area (Å²) >= 11 is 0. The van der Waals surface area contributed by atoms with Gasteiger partial charge in [0.15, 0.2) is 0 Å². The van der Waals surface area contributed by atoms with Crippen LogP contribution in [0.3, 0.4) is 0 Å². The lowest BCUT2D eigenvalue weighted by molar-refractivity contribution is 0.0100. The number of rotatable bonds is 13. The fourth-order valence-corrected chi connectivity index (χ4v) is 3.68. The van der Waals surface area contributed by atoms with E-state index in [1.165, 1.54) is 90.0 Å². The Morgan fingerprint density at radius 2 is 1.33 bits per heavy atom. The van der Waals surface area contributed by atoms with Crippen molar-refractivity contribution in [3.8, 4) is 0 Å². The fraction of sp³-hybridized carbons (Fsp3) is 1.00. The molecule has 0 aromatic carbocycles. The first-order valence-electron chi connectivity index (χ1n) is 9.55. The van der Waals surface area contributed by atoms with E-state index in [0.717, 1.165) is 13.2 Å².